The summed E-state index contributed by atoms with van der Waals surface area (Å²) in [4.78, 5) is 27.1. The Kier molecular flexibility index (Phi) is 3.99. The Morgan fingerprint density at radius 2 is 2.11 bits per heavy atom. The number of urea groups is 1. The number of rotatable bonds is 5. The Bertz CT molecular complexity index is 366. The third-order valence-corrected chi connectivity index (χ3v) is 4.10. The van der Waals surface area contributed by atoms with E-state index in [1.54, 1.807) is 0 Å². The van der Waals surface area contributed by atoms with Crippen LogP contribution in [0.15, 0.2) is 0 Å². The van der Waals surface area contributed by atoms with Gasteiger partial charge in [-0.2, -0.15) is 0 Å². The zero-order valence-electron chi connectivity index (χ0n) is 11.7. The van der Waals surface area contributed by atoms with Gasteiger partial charge in [0.05, 0.1) is 5.41 Å². The van der Waals surface area contributed by atoms with Gasteiger partial charge in [-0.15, -0.1) is 0 Å². The molecule has 1 saturated heterocycles. The lowest BCUT2D eigenvalue weighted by Crippen LogP contribution is -2.48. The zero-order valence-corrected chi connectivity index (χ0v) is 11.7. The molecular weight excluding hydrogens is 246 g/mol. The van der Waals surface area contributed by atoms with E-state index in [2.05, 4.69) is 10.2 Å². The minimum absolute atomic E-state index is 0.114. The van der Waals surface area contributed by atoms with Crippen LogP contribution in [0.2, 0.25) is 0 Å². The lowest BCUT2D eigenvalue weighted by Gasteiger charge is -2.27. The average Bonchev–Trinajstić information content (AvgIpc) is 3.00. The number of aliphatic carboxylic acids is 1. The smallest absolute Gasteiger partial charge is 0.317 e. The lowest BCUT2D eigenvalue weighted by molar-refractivity contribution is -0.143. The van der Waals surface area contributed by atoms with E-state index in [4.69, 9.17) is 5.11 Å². The fourth-order valence-corrected chi connectivity index (χ4v) is 2.68. The number of likely N-dealkylation sites (N-methyl/N-ethyl adjacent to an activating group) is 1. The van der Waals surface area contributed by atoms with Crippen molar-refractivity contribution in [2.75, 3.05) is 33.7 Å². The average molecular weight is 269 g/mol. The van der Waals surface area contributed by atoms with Crippen LogP contribution in [0.25, 0.3) is 0 Å². The summed E-state index contributed by atoms with van der Waals surface area (Å²) in [5.74, 6) is -0.793. The van der Waals surface area contributed by atoms with E-state index in [-0.39, 0.29) is 18.6 Å². The Morgan fingerprint density at radius 3 is 2.63 bits per heavy atom. The maximum absolute atomic E-state index is 12.1. The lowest BCUT2D eigenvalue weighted by atomic mass is 10.1. The highest BCUT2D eigenvalue weighted by atomic mass is 16.4. The Labute approximate surface area is 113 Å². The van der Waals surface area contributed by atoms with E-state index < -0.39 is 11.4 Å². The molecule has 0 aromatic rings. The van der Waals surface area contributed by atoms with Crippen molar-refractivity contribution in [1.29, 1.82) is 0 Å². The summed E-state index contributed by atoms with van der Waals surface area (Å²) < 4.78 is 0. The van der Waals surface area contributed by atoms with Crippen molar-refractivity contribution in [2.45, 2.75) is 31.7 Å². The molecule has 1 atom stereocenters. The van der Waals surface area contributed by atoms with Gasteiger partial charge in [0.15, 0.2) is 0 Å². The number of hydrogen-bond acceptors (Lipinski definition) is 3. The molecule has 1 aliphatic heterocycles. The second kappa shape index (κ2) is 5.36. The van der Waals surface area contributed by atoms with E-state index in [0.717, 1.165) is 25.9 Å². The quantitative estimate of drug-likeness (QED) is 0.766. The number of amides is 2. The largest absolute Gasteiger partial charge is 0.481 e. The van der Waals surface area contributed by atoms with Crippen molar-refractivity contribution < 1.29 is 14.7 Å². The fraction of sp³-hybridized carbons (Fsp3) is 0.846. The number of hydrogen-bond donors (Lipinski definition) is 2. The SMILES string of the molecule is CN(C)CC1CCCN1C(=O)NCC1(C(=O)O)CC1. The van der Waals surface area contributed by atoms with Crippen LogP contribution in [0.4, 0.5) is 4.79 Å². The molecule has 2 N–H and O–H groups in total. The van der Waals surface area contributed by atoms with Gasteiger partial charge in [0, 0.05) is 25.7 Å². The maximum Gasteiger partial charge on any atom is 0.317 e. The third kappa shape index (κ3) is 3.18. The number of carboxylic acid groups (broad SMARTS) is 1. The molecule has 6 heteroatoms. The first kappa shape index (κ1) is 14.1. The first-order valence-electron chi connectivity index (χ1n) is 6.87. The first-order valence-corrected chi connectivity index (χ1v) is 6.87. The number of carbonyl (C=O) groups is 2. The number of likely N-dealkylation sites (tertiary alicyclic amines) is 1. The summed E-state index contributed by atoms with van der Waals surface area (Å²) in [6.45, 7) is 1.88. The van der Waals surface area contributed by atoms with Crippen LogP contribution in [0, 0.1) is 5.41 Å². The van der Waals surface area contributed by atoms with Gasteiger partial charge in [-0.3, -0.25) is 4.79 Å². The van der Waals surface area contributed by atoms with Gasteiger partial charge in [0.2, 0.25) is 0 Å². The molecule has 1 saturated carbocycles. The molecule has 1 heterocycles. The van der Waals surface area contributed by atoms with Crippen molar-refractivity contribution in [2.24, 2.45) is 5.41 Å². The van der Waals surface area contributed by atoms with E-state index >= 15 is 0 Å². The van der Waals surface area contributed by atoms with Crippen LogP contribution in [0.5, 0.6) is 0 Å². The fourth-order valence-electron chi connectivity index (χ4n) is 2.68. The summed E-state index contributed by atoms with van der Waals surface area (Å²) in [5, 5.41) is 11.9. The van der Waals surface area contributed by atoms with Crippen molar-refractivity contribution in [3.05, 3.63) is 0 Å². The molecule has 0 radical (unpaired) electrons. The van der Waals surface area contributed by atoms with Crippen LogP contribution in [0.1, 0.15) is 25.7 Å². The minimum Gasteiger partial charge on any atom is -0.481 e. The summed E-state index contributed by atoms with van der Waals surface area (Å²) in [6.07, 6.45) is 3.39. The summed E-state index contributed by atoms with van der Waals surface area (Å²) >= 11 is 0. The third-order valence-electron chi connectivity index (χ3n) is 4.10. The topological polar surface area (TPSA) is 72.9 Å². The maximum atomic E-state index is 12.1. The molecule has 0 aromatic heterocycles. The molecule has 0 bridgehead atoms. The number of carboxylic acids is 1. The molecule has 19 heavy (non-hydrogen) atoms. The van der Waals surface area contributed by atoms with Gasteiger partial charge in [0.1, 0.15) is 0 Å². The molecule has 108 valence electrons. The molecule has 0 spiro atoms. The predicted octanol–water partition coefficient (Wildman–Crippen LogP) is 0.587. The van der Waals surface area contributed by atoms with E-state index in [9.17, 15) is 9.59 Å². The number of carbonyl (C=O) groups excluding carboxylic acids is 1. The first-order chi connectivity index (χ1) is 8.94. The van der Waals surface area contributed by atoms with E-state index in [1.165, 1.54) is 0 Å². The molecule has 2 fully saturated rings. The van der Waals surface area contributed by atoms with Gasteiger partial charge in [0.25, 0.3) is 0 Å². The van der Waals surface area contributed by atoms with Crippen molar-refractivity contribution in [3.8, 4) is 0 Å². The summed E-state index contributed by atoms with van der Waals surface area (Å²) in [5.41, 5.74) is -0.688. The predicted molar refractivity (Wildman–Crippen MR) is 71.0 cm³/mol. The van der Waals surface area contributed by atoms with Gasteiger partial charge in [-0.25, -0.2) is 4.79 Å². The van der Waals surface area contributed by atoms with Gasteiger partial charge in [-0.05, 0) is 39.8 Å². The Hall–Kier alpha value is -1.30. The second-order valence-electron chi connectivity index (χ2n) is 6.00. The summed E-state index contributed by atoms with van der Waals surface area (Å²) in [6, 6.07) is 0.131. The standard InChI is InChI=1S/C13H23N3O3/c1-15(2)8-10-4-3-7-16(10)12(19)14-9-13(5-6-13)11(17)18/h10H,3-9H2,1-2H3,(H,14,19)(H,17,18). The molecule has 2 aliphatic rings. The van der Waals surface area contributed by atoms with Crippen molar-refractivity contribution >= 4 is 12.0 Å². The molecule has 0 aromatic carbocycles. The molecule has 2 rings (SSSR count). The van der Waals surface area contributed by atoms with Crippen LogP contribution in [-0.4, -0.2) is 66.7 Å². The van der Waals surface area contributed by atoms with Crippen molar-refractivity contribution in [1.82, 2.24) is 15.1 Å². The van der Waals surface area contributed by atoms with Crippen LogP contribution in [-0.2, 0) is 4.79 Å². The highest BCUT2D eigenvalue weighted by Crippen LogP contribution is 2.45. The molecule has 6 nitrogen and oxygen atoms in total. The normalized spacial score (nSPS) is 24.6. The van der Waals surface area contributed by atoms with Gasteiger partial charge < -0.3 is 20.2 Å². The Morgan fingerprint density at radius 1 is 1.42 bits per heavy atom. The Balaban J connectivity index is 1.84. The monoisotopic (exact) mass is 269 g/mol. The van der Waals surface area contributed by atoms with Gasteiger partial charge in [-0.1, -0.05) is 0 Å². The molecule has 1 aliphatic carbocycles. The van der Waals surface area contributed by atoms with E-state index in [1.807, 2.05) is 19.0 Å². The van der Waals surface area contributed by atoms with Gasteiger partial charge >= 0.3 is 12.0 Å². The highest BCUT2D eigenvalue weighted by molar-refractivity contribution is 5.80. The molecule has 1 unspecified atom stereocenters. The van der Waals surface area contributed by atoms with Crippen LogP contribution < -0.4 is 5.32 Å². The summed E-state index contributed by atoms with van der Waals surface area (Å²) in [7, 11) is 4.00. The zero-order chi connectivity index (χ0) is 14.0. The van der Waals surface area contributed by atoms with Crippen LogP contribution in [0.3, 0.4) is 0 Å². The number of nitrogens with one attached hydrogen (secondary N) is 1. The van der Waals surface area contributed by atoms with Crippen LogP contribution >= 0.6 is 0 Å². The minimum atomic E-state index is -0.793. The molecular formula is C13H23N3O3. The highest BCUT2D eigenvalue weighted by Gasteiger charge is 2.50. The van der Waals surface area contributed by atoms with E-state index in [0.29, 0.717) is 12.8 Å². The molecule has 2 amide bonds. The van der Waals surface area contributed by atoms with Crippen molar-refractivity contribution in [3.63, 3.8) is 0 Å². The number of nitrogens with zero attached hydrogens (tertiary/aromatic N) is 2. The second-order valence-corrected chi connectivity index (χ2v) is 6.00.